The highest BCUT2D eigenvalue weighted by Gasteiger charge is 2.07. The van der Waals surface area contributed by atoms with Crippen LogP contribution in [0.5, 0.6) is 0 Å². The minimum Gasteiger partial charge on any atom is -0.258 e. The van der Waals surface area contributed by atoms with Crippen LogP contribution in [0.1, 0.15) is 28.1 Å². The van der Waals surface area contributed by atoms with Crippen LogP contribution in [0.3, 0.4) is 0 Å². The lowest BCUT2D eigenvalue weighted by molar-refractivity contribution is 1.03. The van der Waals surface area contributed by atoms with Gasteiger partial charge in [-0.25, -0.2) is 0 Å². The van der Waals surface area contributed by atoms with Crippen molar-refractivity contribution in [3.63, 3.8) is 0 Å². The average molecular weight is 228 g/mol. The number of halogens is 1. The molecule has 0 fully saturated rings. The van der Waals surface area contributed by atoms with Crippen molar-refractivity contribution in [2.75, 3.05) is 0 Å². The smallest absolute Gasteiger partial charge is 0.0408 e. The first-order valence-electron chi connectivity index (χ1n) is 4.07. The van der Waals surface area contributed by atoms with Crippen molar-refractivity contribution >= 4 is 15.9 Å². The van der Waals surface area contributed by atoms with Gasteiger partial charge in [0, 0.05) is 16.7 Å². The monoisotopic (exact) mass is 227 g/mol. The van der Waals surface area contributed by atoms with E-state index in [0.717, 1.165) is 16.7 Å². The summed E-state index contributed by atoms with van der Waals surface area (Å²) in [6, 6.07) is 0. The molecule has 2 heteroatoms. The Kier molecular flexibility index (Phi) is 2.89. The van der Waals surface area contributed by atoms with E-state index in [1.54, 1.807) is 0 Å². The predicted molar refractivity (Wildman–Crippen MR) is 55.8 cm³/mol. The number of alkyl halides is 1. The van der Waals surface area contributed by atoms with Gasteiger partial charge in [-0.05, 0) is 44.4 Å². The molecular formula is C10H14BrN. The van der Waals surface area contributed by atoms with E-state index in [9.17, 15) is 0 Å². The van der Waals surface area contributed by atoms with Crippen LogP contribution in [0.15, 0.2) is 0 Å². The topological polar surface area (TPSA) is 12.9 Å². The lowest BCUT2D eigenvalue weighted by atomic mass is 10.0. The second-order valence-corrected chi connectivity index (χ2v) is 3.71. The van der Waals surface area contributed by atoms with Crippen LogP contribution in [0, 0.1) is 27.7 Å². The van der Waals surface area contributed by atoms with E-state index >= 15 is 0 Å². The van der Waals surface area contributed by atoms with E-state index in [1.165, 1.54) is 16.7 Å². The van der Waals surface area contributed by atoms with E-state index < -0.39 is 0 Å². The molecular weight excluding hydrogens is 214 g/mol. The third-order valence-electron chi connectivity index (χ3n) is 2.46. The zero-order valence-corrected chi connectivity index (χ0v) is 9.62. The summed E-state index contributed by atoms with van der Waals surface area (Å²) in [6.07, 6.45) is 0. The second-order valence-electron chi connectivity index (χ2n) is 3.14. The summed E-state index contributed by atoms with van der Waals surface area (Å²) in [5.74, 6) is 0. The first kappa shape index (κ1) is 9.72. The Bertz CT molecular complexity index is 279. The third-order valence-corrected chi connectivity index (χ3v) is 3.02. The van der Waals surface area contributed by atoms with Gasteiger partial charge in [-0.3, -0.25) is 4.98 Å². The number of aryl methyl sites for hydroxylation is 2. The van der Waals surface area contributed by atoms with Crippen LogP contribution >= 0.6 is 15.9 Å². The highest BCUT2D eigenvalue weighted by molar-refractivity contribution is 9.08. The molecule has 0 atom stereocenters. The van der Waals surface area contributed by atoms with Gasteiger partial charge >= 0.3 is 0 Å². The van der Waals surface area contributed by atoms with Crippen LogP contribution < -0.4 is 0 Å². The van der Waals surface area contributed by atoms with Crippen molar-refractivity contribution in [1.29, 1.82) is 0 Å². The summed E-state index contributed by atoms with van der Waals surface area (Å²) in [6.45, 7) is 8.39. The molecule has 0 unspecified atom stereocenters. The minimum atomic E-state index is 0.925. The first-order valence-corrected chi connectivity index (χ1v) is 5.19. The van der Waals surface area contributed by atoms with Gasteiger partial charge in [-0.1, -0.05) is 15.9 Å². The summed E-state index contributed by atoms with van der Waals surface area (Å²) in [7, 11) is 0. The molecule has 0 aliphatic rings. The molecule has 1 aromatic rings. The second kappa shape index (κ2) is 3.56. The van der Waals surface area contributed by atoms with E-state index in [-0.39, 0.29) is 0 Å². The Hall–Kier alpha value is -0.370. The molecule has 0 aromatic carbocycles. The number of hydrogen-bond acceptors (Lipinski definition) is 1. The standard InChI is InChI=1S/C10H14BrN/c1-6-8(3)12-9(4)7(2)10(6)5-11/h5H2,1-4H3. The Morgan fingerprint density at radius 2 is 1.42 bits per heavy atom. The van der Waals surface area contributed by atoms with E-state index in [0.29, 0.717) is 0 Å². The number of hydrogen-bond donors (Lipinski definition) is 0. The Labute approximate surface area is 82.3 Å². The number of pyridine rings is 1. The molecule has 1 nitrogen and oxygen atoms in total. The molecule has 66 valence electrons. The summed E-state index contributed by atoms with van der Waals surface area (Å²) in [5.41, 5.74) is 6.31. The van der Waals surface area contributed by atoms with E-state index in [1.807, 2.05) is 0 Å². The number of nitrogens with zero attached hydrogens (tertiary/aromatic N) is 1. The Morgan fingerprint density at radius 3 is 1.75 bits per heavy atom. The summed E-state index contributed by atoms with van der Waals surface area (Å²) >= 11 is 3.50. The first-order chi connectivity index (χ1) is 5.57. The molecule has 1 rings (SSSR count). The van der Waals surface area contributed by atoms with E-state index in [2.05, 4.69) is 48.6 Å². The molecule has 0 saturated heterocycles. The minimum absolute atomic E-state index is 0.925. The normalized spacial score (nSPS) is 10.4. The third kappa shape index (κ3) is 1.53. The van der Waals surface area contributed by atoms with Gasteiger partial charge in [0.2, 0.25) is 0 Å². The maximum Gasteiger partial charge on any atom is 0.0408 e. The van der Waals surface area contributed by atoms with Crippen molar-refractivity contribution in [2.24, 2.45) is 0 Å². The molecule has 0 amide bonds. The number of aromatic nitrogens is 1. The van der Waals surface area contributed by atoms with Crippen LogP contribution in [0.25, 0.3) is 0 Å². The van der Waals surface area contributed by atoms with Crippen LogP contribution in [0.2, 0.25) is 0 Å². The predicted octanol–water partition coefficient (Wildman–Crippen LogP) is 3.21. The molecule has 12 heavy (non-hydrogen) atoms. The number of rotatable bonds is 1. The van der Waals surface area contributed by atoms with Crippen LogP contribution in [-0.2, 0) is 5.33 Å². The van der Waals surface area contributed by atoms with Crippen molar-refractivity contribution in [1.82, 2.24) is 4.98 Å². The lowest BCUT2D eigenvalue weighted by Gasteiger charge is -2.11. The Balaban J connectivity index is 3.42. The van der Waals surface area contributed by atoms with Crippen molar-refractivity contribution < 1.29 is 0 Å². The molecule has 0 radical (unpaired) electrons. The zero-order chi connectivity index (χ0) is 9.30. The van der Waals surface area contributed by atoms with Gasteiger partial charge in [-0.15, -0.1) is 0 Å². The average Bonchev–Trinajstić information content (AvgIpc) is 2.02. The molecule has 1 aromatic heterocycles. The molecule has 0 aliphatic heterocycles. The van der Waals surface area contributed by atoms with E-state index in [4.69, 9.17) is 0 Å². The fourth-order valence-electron chi connectivity index (χ4n) is 1.34. The zero-order valence-electron chi connectivity index (χ0n) is 8.03. The van der Waals surface area contributed by atoms with Gasteiger partial charge in [0.05, 0.1) is 0 Å². The fraction of sp³-hybridized carbons (Fsp3) is 0.500. The van der Waals surface area contributed by atoms with Crippen LogP contribution in [-0.4, -0.2) is 4.98 Å². The van der Waals surface area contributed by atoms with Gasteiger partial charge in [0.25, 0.3) is 0 Å². The van der Waals surface area contributed by atoms with Gasteiger partial charge < -0.3 is 0 Å². The molecule has 0 spiro atoms. The maximum absolute atomic E-state index is 4.46. The summed E-state index contributed by atoms with van der Waals surface area (Å²) in [4.78, 5) is 4.46. The molecule has 0 aliphatic carbocycles. The molecule has 0 bridgehead atoms. The maximum atomic E-state index is 4.46. The van der Waals surface area contributed by atoms with Gasteiger partial charge in [-0.2, -0.15) is 0 Å². The highest BCUT2D eigenvalue weighted by atomic mass is 79.9. The fourth-order valence-corrected chi connectivity index (χ4v) is 2.18. The highest BCUT2D eigenvalue weighted by Crippen LogP contribution is 2.20. The van der Waals surface area contributed by atoms with Gasteiger partial charge in [0.1, 0.15) is 0 Å². The largest absolute Gasteiger partial charge is 0.258 e. The SMILES string of the molecule is Cc1nc(C)c(C)c(CBr)c1C. The van der Waals surface area contributed by atoms with Crippen molar-refractivity contribution in [3.05, 3.63) is 28.1 Å². The molecule has 1 heterocycles. The molecule has 0 N–H and O–H groups in total. The van der Waals surface area contributed by atoms with Crippen molar-refractivity contribution in [3.8, 4) is 0 Å². The molecule has 0 saturated carbocycles. The van der Waals surface area contributed by atoms with Gasteiger partial charge in [0.15, 0.2) is 0 Å². The van der Waals surface area contributed by atoms with Crippen LogP contribution in [0.4, 0.5) is 0 Å². The summed E-state index contributed by atoms with van der Waals surface area (Å²) < 4.78 is 0. The quantitative estimate of drug-likeness (QED) is 0.672. The lowest BCUT2D eigenvalue weighted by Crippen LogP contribution is -2.00. The Morgan fingerprint density at radius 1 is 1.00 bits per heavy atom. The van der Waals surface area contributed by atoms with Crippen molar-refractivity contribution in [2.45, 2.75) is 33.0 Å². The summed E-state index contributed by atoms with van der Waals surface area (Å²) in [5, 5.41) is 0.925.